The zero-order chi connectivity index (χ0) is 17.6. The highest BCUT2D eigenvalue weighted by Gasteiger charge is 2.42. The van der Waals surface area contributed by atoms with E-state index in [-0.39, 0.29) is 5.56 Å². The molecule has 2 aliphatic heterocycles. The number of carboxylic acid groups (broad SMARTS) is 1. The number of carbonyl (C=O) groups excluding carboxylic acids is 1. The summed E-state index contributed by atoms with van der Waals surface area (Å²) in [6.07, 6.45) is 6.06. The maximum absolute atomic E-state index is 11.5. The summed E-state index contributed by atoms with van der Waals surface area (Å²) in [5.41, 5.74) is 1.27. The number of thiocarbonyl (C=S) groups is 1. The minimum atomic E-state index is -1.11. The number of hydrogen-bond acceptors (Lipinski definition) is 3. The van der Waals surface area contributed by atoms with Crippen LogP contribution in [0.25, 0.3) is 10.9 Å². The Morgan fingerprint density at radius 1 is 1.24 bits per heavy atom. The first-order valence-corrected chi connectivity index (χ1v) is 9.38. The van der Waals surface area contributed by atoms with Crippen molar-refractivity contribution in [2.75, 3.05) is 6.54 Å². The number of aromatic nitrogens is 1. The van der Waals surface area contributed by atoms with Crippen molar-refractivity contribution in [3.05, 3.63) is 36.0 Å². The molecule has 2 bridgehead atoms. The van der Waals surface area contributed by atoms with Gasteiger partial charge in [-0.05, 0) is 50.9 Å². The molecule has 2 aliphatic rings. The summed E-state index contributed by atoms with van der Waals surface area (Å²) in [7, 11) is 0. The monoisotopic (exact) mass is 356 g/mol. The van der Waals surface area contributed by atoms with Crippen molar-refractivity contribution < 1.29 is 9.90 Å². The van der Waals surface area contributed by atoms with Gasteiger partial charge in [0.15, 0.2) is 5.11 Å². The van der Waals surface area contributed by atoms with E-state index >= 15 is 0 Å². The topological polar surface area (TPSA) is 60.3 Å². The number of benzene rings is 1. The van der Waals surface area contributed by atoms with Crippen LogP contribution in [0.15, 0.2) is 30.5 Å². The highest BCUT2D eigenvalue weighted by molar-refractivity contribution is 7.80. The van der Waals surface area contributed by atoms with Gasteiger partial charge in [-0.3, -0.25) is 0 Å². The van der Waals surface area contributed by atoms with E-state index in [1.807, 2.05) is 24.3 Å². The molecular formula is C19H22N3O2S-. The molecule has 1 aromatic carbocycles. The first-order valence-electron chi connectivity index (χ1n) is 8.97. The predicted octanol–water partition coefficient (Wildman–Crippen LogP) is 2.07. The van der Waals surface area contributed by atoms with Gasteiger partial charge in [-0.25, -0.2) is 0 Å². The van der Waals surface area contributed by atoms with Crippen LogP contribution in [0.1, 0.15) is 49.0 Å². The fourth-order valence-corrected chi connectivity index (χ4v) is 5.06. The Balaban J connectivity index is 1.66. The molecule has 2 saturated heterocycles. The number of carboxylic acids is 1. The minimum Gasteiger partial charge on any atom is -0.545 e. The maximum atomic E-state index is 11.5. The number of fused-ring (bicyclic) bond motifs is 3. The smallest absolute Gasteiger partial charge is 0.169 e. The normalized spacial score (nSPS) is 25.3. The van der Waals surface area contributed by atoms with Crippen LogP contribution in [0.4, 0.5) is 0 Å². The number of nitrogens with zero attached hydrogens (tertiary/aromatic N) is 2. The van der Waals surface area contributed by atoms with Gasteiger partial charge in [0.1, 0.15) is 0 Å². The number of para-hydroxylation sites is 1. The minimum absolute atomic E-state index is 0.286. The van der Waals surface area contributed by atoms with E-state index in [4.69, 9.17) is 12.2 Å². The summed E-state index contributed by atoms with van der Waals surface area (Å²) in [5, 5.41) is 16.4. The van der Waals surface area contributed by atoms with Gasteiger partial charge >= 0.3 is 0 Å². The molecule has 0 radical (unpaired) electrons. The van der Waals surface area contributed by atoms with Gasteiger partial charge in [0.2, 0.25) is 0 Å². The molecule has 25 heavy (non-hydrogen) atoms. The first-order chi connectivity index (χ1) is 12.1. The highest BCUT2D eigenvalue weighted by atomic mass is 32.1. The summed E-state index contributed by atoms with van der Waals surface area (Å²) in [6.45, 7) is 2.91. The number of piperidine rings is 1. The SMILES string of the molecule is CCNC(=S)N1C2CCC1CC(n1cc(C(=O)[O-])c3ccccc31)C2. The molecule has 0 amide bonds. The van der Waals surface area contributed by atoms with Gasteiger partial charge in [-0.1, -0.05) is 18.2 Å². The van der Waals surface area contributed by atoms with E-state index in [1.54, 1.807) is 6.20 Å². The van der Waals surface area contributed by atoms with Gasteiger partial charge in [0.05, 0.1) is 5.97 Å². The third kappa shape index (κ3) is 2.68. The van der Waals surface area contributed by atoms with Crippen molar-refractivity contribution in [3.8, 4) is 0 Å². The molecule has 2 fully saturated rings. The first kappa shape index (κ1) is 16.4. The fraction of sp³-hybridized carbons (Fsp3) is 0.474. The van der Waals surface area contributed by atoms with Gasteiger partial charge in [-0.15, -0.1) is 0 Å². The van der Waals surface area contributed by atoms with Gasteiger partial charge < -0.3 is 24.7 Å². The van der Waals surface area contributed by atoms with Crippen LogP contribution in [0.2, 0.25) is 0 Å². The Labute approximate surface area is 152 Å². The Morgan fingerprint density at radius 2 is 1.92 bits per heavy atom. The van der Waals surface area contributed by atoms with Crippen LogP contribution in [-0.2, 0) is 0 Å². The maximum Gasteiger partial charge on any atom is 0.169 e. The Kier molecular flexibility index (Phi) is 4.15. The van der Waals surface area contributed by atoms with Gasteiger partial charge in [0, 0.05) is 47.3 Å². The lowest BCUT2D eigenvalue weighted by Crippen LogP contribution is -2.50. The van der Waals surface area contributed by atoms with E-state index in [0.29, 0.717) is 18.1 Å². The second-order valence-electron chi connectivity index (χ2n) is 7.01. The molecule has 0 aliphatic carbocycles. The predicted molar refractivity (Wildman–Crippen MR) is 99.5 cm³/mol. The molecule has 0 saturated carbocycles. The molecule has 3 heterocycles. The molecule has 2 unspecified atom stereocenters. The molecule has 2 aromatic rings. The largest absolute Gasteiger partial charge is 0.545 e. The average Bonchev–Trinajstić information content (AvgIpc) is 3.11. The van der Waals surface area contributed by atoms with Crippen LogP contribution < -0.4 is 10.4 Å². The molecule has 2 atom stereocenters. The molecule has 6 heteroatoms. The molecule has 1 aromatic heterocycles. The van der Waals surface area contributed by atoms with Crippen molar-refractivity contribution in [1.82, 2.24) is 14.8 Å². The molecule has 4 rings (SSSR count). The lowest BCUT2D eigenvalue weighted by Gasteiger charge is -2.41. The highest BCUT2D eigenvalue weighted by Crippen LogP contribution is 2.42. The lowest BCUT2D eigenvalue weighted by atomic mass is 9.97. The number of rotatable bonds is 3. The number of hydrogen-bond donors (Lipinski definition) is 1. The van der Waals surface area contributed by atoms with Crippen molar-refractivity contribution in [2.45, 2.75) is 50.7 Å². The van der Waals surface area contributed by atoms with Crippen molar-refractivity contribution in [2.24, 2.45) is 0 Å². The molecule has 5 nitrogen and oxygen atoms in total. The Bertz CT molecular complexity index is 817. The quantitative estimate of drug-likeness (QED) is 0.853. The van der Waals surface area contributed by atoms with Crippen LogP contribution >= 0.6 is 12.2 Å². The second kappa shape index (κ2) is 6.33. The van der Waals surface area contributed by atoms with Crippen molar-refractivity contribution in [1.29, 1.82) is 0 Å². The number of nitrogens with one attached hydrogen (secondary N) is 1. The zero-order valence-corrected chi connectivity index (χ0v) is 15.1. The summed E-state index contributed by atoms with van der Waals surface area (Å²) >= 11 is 5.56. The average molecular weight is 356 g/mol. The third-order valence-corrected chi connectivity index (χ3v) is 5.98. The molecule has 1 N–H and O–H groups in total. The summed E-state index contributed by atoms with van der Waals surface area (Å²) < 4.78 is 2.15. The lowest BCUT2D eigenvalue weighted by molar-refractivity contribution is -0.254. The van der Waals surface area contributed by atoms with Crippen molar-refractivity contribution >= 4 is 34.2 Å². The zero-order valence-electron chi connectivity index (χ0n) is 14.3. The van der Waals surface area contributed by atoms with Crippen LogP contribution in [0.5, 0.6) is 0 Å². The Hall–Kier alpha value is -2.08. The van der Waals surface area contributed by atoms with E-state index in [9.17, 15) is 9.90 Å². The van der Waals surface area contributed by atoms with Crippen LogP contribution in [0, 0.1) is 0 Å². The van der Waals surface area contributed by atoms with Crippen LogP contribution in [0.3, 0.4) is 0 Å². The van der Waals surface area contributed by atoms with E-state index in [0.717, 1.165) is 48.2 Å². The van der Waals surface area contributed by atoms with Crippen LogP contribution in [-0.4, -0.2) is 39.2 Å². The fourth-order valence-electron chi connectivity index (χ4n) is 4.62. The van der Waals surface area contributed by atoms with E-state index in [2.05, 4.69) is 21.7 Å². The van der Waals surface area contributed by atoms with Crippen molar-refractivity contribution in [3.63, 3.8) is 0 Å². The second-order valence-corrected chi connectivity index (χ2v) is 7.39. The number of carbonyl (C=O) groups is 1. The van der Waals surface area contributed by atoms with E-state index in [1.165, 1.54) is 0 Å². The molecular weight excluding hydrogens is 334 g/mol. The summed E-state index contributed by atoms with van der Waals surface area (Å²) in [6, 6.07) is 8.87. The van der Waals surface area contributed by atoms with E-state index < -0.39 is 5.97 Å². The number of aromatic carboxylic acids is 1. The van der Waals surface area contributed by atoms with Gasteiger partial charge in [0.25, 0.3) is 0 Å². The summed E-state index contributed by atoms with van der Waals surface area (Å²) in [4.78, 5) is 13.9. The standard InChI is InChI=1S/C19H23N3O2S/c1-2-20-19(25)22-12-7-8-13(22)10-14(9-12)21-11-16(18(23)24)15-5-3-4-6-17(15)21/h3-6,11-14H,2,7-10H2,1H3,(H,20,25)(H,23,24)/p-1. The Morgan fingerprint density at radius 3 is 2.56 bits per heavy atom. The molecule has 132 valence electrons. The molecule has 0 spiro atoms. The summed E-state index contributed by atoms with van der Waals surface area (Å²) in [5.74, 6) is -1.11. The third-order valence-electron chi connectivity index (χ3n) is 5.62. The van der Waals surface area contributed by atoms with Gasteiger partial charge in [-0.2, -0.15) is 0 Å².